The van der Waals surface area contributed by atoms with Crippen LogP contribution in [-0.2, 0) is 0 Å². The molecular formula is C84H48N8O. The summed E-state index contributed by atoms with van der Waals surface area (Å²) in [7, 11) is 0. The summed E-state index contributed by atoms with van der Waals surface area (Å²) in [5.74, 6) is 1.79. The summed E-state index contributed by atoms with van der Waals surface area (Å²) in [5.41, 5.74) is 21.1. The zero-order chi connectivity index (χ0) is 60.3. The Hall–Kier alpha value is -12.7. The fraction of sp³-hybridized carbons (Fsp3) is 0. The van der Waals surface area contributed by atoms with Gasteiger partial charge in [0.1, 0.15) is 5.58 Å². The van der Waals surface area contributed by atoms with Gasteiger partial charge in [0.15, 0.2) is 5.58 Å². The van der Waals surface area contributed by atoms with E-state index in [4.69, 9.17) is 14.4 Å². The molecule has 93 heavy (non-hydrogen) atoms. The van der Waals surface area contributed by atoms with Gasteiger partial charge >= 0.3 is 0 Å². The molecular weight excluding hydrogens is 1140 g/mol. The van der Waals surface area contributed by atoms with Crippen molar-refractivity contribution in [2.75, 3.05) is 9.80 Å². The molecule has 0 saturated carbocycles. The zero-order valence-corrected chi connectivity index (χ0v) is 49.7. The van der Waals surface area contributed by atoms with Gasteiger partial charge in [-0.05, 0) is 188 Å². The molecule has 0 bridgehead atoms. The first-order chi connectivity index (χ1) is 46.1. The van der Waals surface area contributed by atoms with Crippen LogP contribution in [0.15, 0.2) is 296 Å². The van der Waals surface area contributed by atoms with E-state index < -0.39 is 0 Å². The third-order valence-corrected chi connectivity index (χ3v) is 20.0. The minimum Gasteiger partial charge on any atom is -0.454 e. The van der Waals surface area contributed by atoms with Crippen molar-refractivity contribution >= 4 is 187 Å². The van der Waals surface area contributed by atoms with E-state index in [1.54, 1.807) is 0 Å². The van der Waals surface area contributed by atoms with Gasteiger partial charge in [0.25, 0.3) is 0 Å². The van der Waals surface area contributed by atoms with Crippen molar-refractivity contribution in [2.24, 2.45) is 0 Å². The zero-order valence-electron chi connectivity index (χ0n) is 49.7. The maximum atomic E-state index is 6.79. The topological polar surface area (TPSA) is 63.0 Å². The van der Waals surface area contributed by atoms with Crippen LogP contribution in [0.3, 0.4) is 0 Å². The molecule has 7 aromatic heterocycles. The molecule has 0 atom stereocenters. The predicted octanol–water partition coefficient (Wildman–Crippen LogP) is 22.4. The molecule has 15 aromatic carbocycles. The summed E-state index contributed by atoms with van der Waals surface area (Å²) in [6, 6.07) is 106. The van der Waals surface area contributed by atoms with Crippen LogP contribution >= 0.6 is 0 Å². The summed E-state index contributed by atoms with van der Waals surface area (Å²) in [4.78, 5) is 15.8. The maximum Gasteiger partial charge on any atom is 0.220 e. The smallest absolute Gasteiger partial charge is 0.220 e. The largest absolute Gasteiger partial charge is 0.454 e. The number of furan rings is 1. The molecule has 430 valence electrons. The fourth-order valence-electron chi connectivity index (χ4n) is 15.9. The summed E-state index contributed by atoms with van der Waals surface area (Å²) in [5, 5.41) is 16.3. The van der Waals surface area contributed by atoms with Gasteiger partial charge in [-0.3, -0.25) is 17.6 Å². The Morgan fingerprint density at radius 1 is 0.258 bits per heavy atom. The van der Waals surface area contributed by atoms with E-state index in [0.717, 1.165) is 150 Å². The van der Waals surface area contributed by atoms with Crippen LogP contribution in [0, 0.1) is 0 Å². The van der Waals surface area contributed by atoms with E-state index >= 15 is 0 Å². The molecule has 7 heterocycles. The number of anilines is 6. The maximum absolute atomic E-state index is 6.79. The third kappa shape index (κ3) is 6.78. The number of aromatic nitrogens is 6. The quantitative estimate of drug-likeness (QED) is 0.159. The van der Waals surface area contributed by atoms with Crippen molar-refractivity contribution in [3.05, 3.63) is 291 Å². The first-order valence-corrected chi connectivity index (χ1v) is 31.7. The Bertz CT molecular complexity index is 6900. The van der Waals surface area contributed by atoms with E-state index in [1.807, 2.05) is 6.07 Å². The number of para-hydroxylation sites is 5. The highest BCUT2D eigenvalue weighted by molar-refractivity contribution is 6.23. The third-order valence-electron chi connectivity index (χ3n) is 20.0. The van der Waals surface area contributed by atoms with Crippen LogP contribution in [0.2, 0.25) is 0 Å². The fourth-order valence-corrected chi connectivity index (χ4v) is 15.9. The van der Waals surface area contributed by atoms with Crippen molar-refractivity contribution in [1.82, 2.24) is 27.6 Å². The lowest BCUT2D eigenvalue weighted by atomic mass is 9.97. The van der Waals surface area contributed by atoms with Crippen molar-refractivity contribution in [2.45, 2.75) is 0 Å². The van der Waals surface area contributed by atoms with Crippen LogP contribution in [0.1, 0.15) is 0 Å². The molecule has 0 saturated heterocycles. The van der Waals surface area contributed by atoms with Crippen molar-refractivity contribution in [3.63, 3.8) is 0 Å². The lowest BCUT2D eigenvalue weighted by Crippen LogP contribution is -2.10. The van der Waals surface area contributed by atoms with Gasteiger partial charge in [0, 0.05) is 60.8 Å². The van der Waals surface area contributed by atoms with Crippen LogP contribution in [-0.4, -0.2) is 27.6 Å². The van der Waals surface area contributed by atoms with Crippen LogP contribution in [0.4, 0.5) is 34.1 Å². The van der Waals surface area contributed by atoms with Crippen LogP contribution in [0.5, 0.6) is 0 Å². The second kappa shape index (κ2) is 18.0. The van der Waals surface area contributed by atoms with Gasteiger partial charge in [0.2, 0.25) is 11.6 Å². The second-order valence-corrected chi connectivity index (χ2v) is 25.1. The Morgan fingerprint density at radius 3 is 1.26 bits per heavy atom. The van der Waals surface area contributed by atoms with E-state index in [9.17, 15) is 0 Å². The second-order valence-electron chi connectivity index (χ2n) is 25.1. The molecule has 22 aromatic rings. The Morgan fingerprint density at radius 2 is 0.688 bits per heavy atom. The SMILES string of the molecule is c1ccc(N(c2ccccc2)c2cc3c4cc5cc(-c6ccc7cc8c(cc7c6)nc6n8c7cc(N(c8ccccc8)c8cccc9c8oc8ccccc89)cc8c9cc%10ccccc%10cc9n6c87)ccc5cc4n4c3c(c2)n2c3cc5ccccc5cc3nc24)cc1. The average Bonchev–Trinajstić information content (AvgIpc) is 1.53. The number of benzene rings is 15. The summed E-state index contributed by atoms with van der Waals surface area (Å²) in [6.07, 6.45) is 0. The van der Waals surface area contributed by atoms with E-state index in [-0.39, 0.29) is 0 Å². The molecule has 9 heteroatoms. The predicted molar refractivity (Wildman–Crippen MR) is 385 cm³/mol. The molecule has 9 nitrogen and oxygen atoms in total. The van der Waals surface area contributed by atoms with Gasteiger partial charge in [0.05, 0.1) is 60.9 Å². The first kappa shape index (κ1) is 49.2. The van der Waals surface area contributed by atoms with Gasteiger partial charge in [-0.2, -0.15) is 0 Å². The molecule has 0 unspecified atom stereocenters. The van der Waals surface area contributed by atoms with Gasteiger partial charge in [-0.25, -0.2) is 9.97 Å². The highest BCUT2D eigenvalue weighted by Gasteiger charge is 2.28. The van der Waals surface area contributed by atoms with E-state index in [1.165, 1.54) is 48.5 Å². The Labute approximate surface area is 528 Å². The molecule has 0 aliphatic rings. The minimum absolute atomic E-state index is 0.844. The summed E-state index contributed by atoms with van der Waals surface area (Å²) < 4.78 is 16.4. The van der Waals surface area contributed by atoms with Crippen molar-refractivity contribution < 1.29 is 4.42 Å². The molecule has 0 amide bonds. The average molecular weight is 1190 g/mol. The highest BCUT2D eigenvalue weighted by atomic mass is 16.3. The number of fused-ring (bicyclic) bond motifs is 23. The molecule has 0 aliphatic carbocycles. The summed E-state index contributed by atoms with van der Waals surface area (Å²) in [6.45, 7) is 0. The van der Waals surface area contributed by atoms with E-state index in [2.05, 4.69) is 313 Å². The van der Waals surface area contributed by atoms with Gasteiger partial charge in [-0.15, -0.1) is 0 Å². The van der Waals surface area contributed by atoms with Gasteiger partial charge < -0.3 is 14.2 Å². The molecule has 22 rings (SSSR count). The van der Waals surface area contributed by atoms with Crippen LogP contribution in [0.25, 0.3) is 164 Å². The number of hydrogen-bond donors (Lipinski definition) is 0. The van der Waals surface area contributed by atoms with Crippen molar-refractivity contribution in [3.8, 4) is 11.1 Å². The molecule has 0 radical (unpaired) electrons. The number of nitrogens with zero attached hydrogens (tertiary/aromatic N) is 8. The standard InChI is InChI=1S/C84H48N8O/c1-4-21-59(22-5-1)87(60-23-6-2-7-24-60)62-45-68-67-38-57-35-53(31-33-55(57)42-74(67)92-80(68)77(47-62)89-75-43-52-20-13-11-18-50(52)39-70(75)85-83(89)92)54-32-34-56-44-76-71(40-58(56)36-54)86-84-90(76)78-48-63(46-69-66-37-49-17-10-12-19-51(49)41-73(66)91(84)81(69)78)88(61-25-8-3-9-26-61)72-29-16-28-65-64-27-14-15-30-79(64)93-82(65)72/h1-48H. The normalized spacial score (nSPS) is 12.5. The lowest BCUT2D eigenvalue weighted by Gasteiger charge is -2.25. The molecule has 0 aliphatic heterocycles. The first-order valence-electron chi connectivity index (χ1n) is 31.7. The van der Waals surface area contributed by atoms with Crippen LogP contribution < -0.4 is 9.80 Å². The van der Waals surface area contributed by atoms with Crippen molar-refractivity contribution in [1.29, 1.82) is 0 Å². The van der Waals surface area contributed by atoms with E-state index in [0.29, 0.717) is 0 Å². The number of hydrogen-bond acceptors (Lipinski definition) is 5. The molecule has 0 N–H and O–H groups in total. The lowest BCUT2D eigenvalue weighted by molar-refractivity contribution is 0.669. The molecule has 0 fully saturated rings. The van der Waals surface area contributed by atoms with Gasteiger partial charge in [-0.1, -0.05) is 158 Å². The highest BCUT2D eigenvalue weighted by Crippen LogP contribution is 2.49. The molecule has 0 spiro atoms. The monoisotopic (exact) mass is 1180 g/mol. The summed E-state index contributed by atoms with van der Waals surface area (Å²) >= 11 is 0. The Balaban J connectivity index is 0.729. The number of imidazole rings is 4. The number of rotatable bonds is 7. The minimum atomic E-state index is 0.844. The Kier molecular flexibility index (Phi) is 9.52.